The maximum atomic E-state index is 13.5. The van der Waals surface area contributed by atoms with Gasteiger partial charge in [-0.05, 0) is 25.0 Å². The lowest BCUT2D eigenvalue weighted by atomic mass is 10.0. The maximum absolute atomic E-state index is 13.5. The van der Waals surface area contributed by atoms with Crippen molar-refractivity contribution in [3.63, 3.8) is 0 Å². The number of hydrogen-bond donors (Lipinski definition) is 0. The van der Waals surface area contributed by atoms with E-state index in [1.54, 1.807) is 12.1 Å². The van der Waals surface area contributed by atoms with Crippen molar-refractivity contribution in [1.82, 2.24) is 0 Å². The quantitative estimate of drug-likeness (QED) is 0.449. The van der Waals surface area contributed by atoms with Crippen molar-refractivity contribution >= 4 is 23.2 Å². The molecule has 1 unspecified atom stereocenters. The maximum Gasteiger partial charge on any atom is 0.127 e. The minimum Gasteiger partial charge on any atom is -0.207 e. The van der Waals surface area contributed by atoms with Crippen molar-refractivity contribution in [1.29, 1.82) is 0 Å². The number of alkyl halides is 1. The Balaban J connectivity index is 2.42. The van der Waals surface area contributed by atoms with Crippen LogP contribution in [0.15, 0.2) is 18.2 Å². The third-order valence-corrected chi connectivity index (χ3v) is 3.58. The Kier molecular flexibility index (Phi) is 6.91. The Bertz CT molecular complexity index is 319. The largest absolute Gasteiger partial charge is 0.207 e. The van der Waals surface area contributed by atoms with Crippen LogP contribution in [-0.4, -0.2) is 5.38 Å². The Labute approximate surface area is 113 Å². The fraction of sp³-hybridized carbons (Fsp3) is 0.571. The lowest BCUT2D eigenvalue weighted by Gasteiger charge is -2.11. The predicted octanol–water partition coefficient (Wildman–Crippen LogP) is 5.60. The van der Waals surface area contributed by atoms with Crippen molar-refractivity contribution in [3.8, 4) is 0 Å². The van der Waals surface area contributed by atoms with Gasteiger partial charge in [-0.15, -0.1) is 11.6 Å². The second-order valence-electron chi connectivity index (χ2n) is 4.35. The fourth-order valence-electron chi connectivity index (χ4n) is 1.84. The van der Waals surface area contributed by atoms with E-state index >= 15 is 0 Å². The number of rotatable bonds is 7. The first-order chi connectivity index (χ1) is 8.15. The molecule has 0 nitrogen and oxygen atoms in total. The van der Waals surface area contributed by atoms with Gasteiger partial charge in [-0.1, -0.05) is 50.3 Å². The molecule has 3 heteroatoms. The summed E-state index contributed by atoms with van der Waals surface area (Å²) in [7, 11) is 0. The minimum atomic E-state index is -0.253. The van der Waals surface area contributed by atoms with Gasteiger partial charge in [-0.3, -0.25) is 0 Å². The minimum absolute atomic E-state index is 0.0266. The second kappa shape index (κ2) is 7.94. The zero-order valence-electron chi connectivity index (χ0n) is 10.2. The molecular weight excluding hydrogens is 258 g/mol. The number of hydrogen-bond acceptors (Lipinski definition) is 0. The highest BCUT2D eigenvalue weighted by atomic mass is 35.5. The highest BCUT2D eigenvalue weighted by Crippen LogP contribution is 2.24. The van der Waals surface area contributed by atoms with Crippen LogP contribution in [0.2, 0.25) is 5.02 Å². The first kappa shape index (κ1) is 14.8. The van der Waals surface area contributed by atoms with Crippen LogP contribution in [0.3, 0.4) is 0 Å². The first-order valence-corrected chi connectivity index (χ1v) is 7.03. The third kappa shape index (κ3) is 5.27. The van der Waals surface area contributed by atoms with Gasteiger partial charge in [0.15, 0.2) is 0 Å². The van der Waals surface area contributed by atoms with Crippen LogP contribution >= 0.6 is 23.2 Å². The highest BCUT2D eigenvalue weighted by Gasteiger charge is 2.12. The van der Waals surface area contributed by atoms with E-state index < -0.39 is 0 Å². The summed E-state index contributed by atoms with van der Waals surface area (Å²) in [5.74, 6) is -0.253. The summed E-state index contributed by atoms with van der Waals surface area (Å²) in [4.78, 5) is 0. The lowest BCUT2D eigenvalue weighted by molar-refractivity contribution is 0.584. The van der Waals surface area contributed by atoms with Crippen LogP contribution in [0.1, 0.15) is 44.6 Å². The van der Waals surface area contributed by atoms with E-state index in [2.05, 4.69) is 6.92 Å². The number of unbranched alkanes of at least 4 members (excludes halogenated alkanes) is 3. The van der Waals surface area contributed by atoms with Gasteiger partial charge in [0, 0.05) is 16.0 Å². The van der Waals surface area contributed by atoms with Crippen LogP contribution in [0, 0.1) is 5.82 Å². The molecule has 0 spiro atoms. The van der Waals surface area contributed by atoms with Crippen LogP contribution in [0.5, 0.6) is 0 Å². The summed E-state index contributed by atoms with van der Waals surface area (Å²) in [6.45, 7) is 2.18. The van der Waals surface area contributed by atoms with E-state index in [1.165, 1.54) is 25.3 Å². The molecule has 0 N–H and O–H groups in total. The molecule has 0 amide bonds. The highest BCUT2D eigenvalue weighted by molar-refractivity contribution is 6.31. The molecule has 1 aromatic carbocycles. The SMILES string of the molecule is CCCCCCC(Cl)Cc1c(F)cccc1Cl. The molecule has 96 valence electrons. The summed E-state index contributed by atoms with van der Waals surface area (Å²) in [5.41, 5.74) is 0.546. The summed E-state index contributed by atoms with van der Waals surface area (Å²) in [6.07, 6.45) is 6.19. The van der Waals surface area contributed by atoms with Crippen molar-refractivity contribution in [2.45, 2.75) is 50.8 Å². The Morgan fingerprint density at radius 2 is 2.00 bits per heavy atom. The molecule has 17 heavy (non-hydrogen) atoms. The van der Waals surface area contributed by atoms with Gasteiger partial charge in [0.05, 0.1) is 0 Å². The molecule has 0 aliphatic rings. The Morgan fingerprint density at radius 1 is 1.24 bits per heavy atom. The second-order valence-corrected chi connectivity index (χ2v) is 5.38. The average Bonchev–Trinajstić information content (AvgIpc) is 2.30. The van der Waals surface area contributed by atoms with Crippen LogP contribution in [0.4, 0.5) is 4.39 Å². The molecule has 1 rings (SSSR count). The third-order valence-electron chi connectivity index (χ3n) is 2.86. The summed E-state index contributed by atoms with van der Waals surface area (Å²) in [5, 5.41) is 0.450. The molecule has 0 radical (unpaired) electrons. The molecule has 0 fully saturated rings. The zero-order valence-corrected chi connectivity index (χ0v) is 11.7. The van der Waals surface area contributed by atoms with E-state index in [0.717, 1.165) is 12.8 Å². The molecule has 1 atom stereocenters. The molecule has 0 aliphatic heterocycles. The fourth-order valence-corrected chi connectivity index (χ4v) is 2.39. The van der Waals surface area contributed by atoms with E-state index in [4.69, 9.17) is 23.2 Å². The average molecular weight is 277 g/mol. The van der Waals surface area contributed by atoms with Crippen molar-refractivity contribution in [3.05, 3.63) is 34.6 Å². The van der Waals surface area contributed by atoms with Gasteiger partial charge in [-0.2, -0.15) is 0 Å². The van der Waals surface area contributed by atoms with E-state index in [-0.39, 0.29) is 11.2 Å². The van der Waals surface area contributed by atoms with Gasteiger partial charge >= 0.3 is 0 Å². The van der Waals surface area contributed by atoms with Crippen molar-refractivity contribution in [2.75, 3.05) is 0 Å². The summed E-state index contributed by atoms with van der Waals surface area (Å²) < 4.78 is 13.5. The molecule has 0 heterocycles. The smallest absolute Gasteiger partial charge is 0.127 e. The molecule has 0 bridgehead atoms. The van der Waals surface area contributed by atoms with Gasteiger partial charge in [0.2, 0.25) is 0 Å². The van der Waals surface area contributed by atoms with Crippen molar-refractivity contribution < 1.29 is 4.39 Å². The first-order valence-electron chi connectivity index (χ1n) is 6.22. The van der Waals surface area contributed by atoms with Gasteiger partial charge in [-0.25, -0.2) is 4.39 Å². The van der Waals surface area contributed by atoms with E-state index in [1.807, 2.05) is 0 Å². The van der Waals surface area contributed by atoms with E-state index in [9.17, 15) is 4.39 Å². The van der Waals surface area contributed by atoms with Crippen LogP contribution in [0.25, 0.3) is 0 Å². The molecule has 0 saturated carbocycles. The topological polar surface area (TPSA) is 0 Å². The molecule has 0 aliphatic carbocycles. The van der Waals surface area contributed by atoms with Crippen LogP contribution in [-0.2, 0) is 6.42 Å². The summed E-state index contributed by atoms with van der Waals surface area (Å²) in [6, 6.07) is 4.76. The standard InChI is InChI=1S/C14H19Cl2F/c1-2-3-4-5-7-11(15)10-12-13(16)8-6-9-14(12)17/h6,8-9,11H,2-5,7,10H2,1H3. The Hall–Kier alpha value is -0.270. The molecular formula is C14H19Cl2F. The molecule has 1 aromatic rings. The molecule has 0 saturated heterocycles. The van der Waals surface area contributed by atoms with Gasteiger partial charge in [0.25, 0.3) is 0 Å². The number of benzene rings is 1. The van der Waals surface area contributed by atoms with E-state index in [0.29, 0.717) is 17.0 Å². The molecule has 0 aromatic heterocycles. The van der Waals surface area contributed by atoms with Gasteiger partial charge < -0.3 is 0 Å². The normalized spacial score (nSPS) is 12.7. The van der Waals surface area contributed by atoms with Crippen molar-refractivity contribution in [2.24, 2.45) is 0 Å². The number of halogens is 3. The van der Waals surface area contributed by atoms with Gasteiger partial charge in [0.1, 0.15) is 5.82 Å². The summed E-state index contributed by atoms with van der Waals surface area (Å²) >= 11 is 12.2. The van der Waals surface area contributed by atoms with Crippen LogP contribution < -0.4 is 0 Å². The zero-order chi connectivity index (χ0) is 12.7. The predicted molar refractivity (Wildman–Crippen MR) is 73.5 cm³/mol. The lowest BCUT2D eigenvalue weighted by Crippen LogP contribution is -2.05. The monoisotopic (exact) mass is 276 g/mol. The Morgan fingerprint density at radius 3 is 2.65 bits per heavy atom.